The number of nitrogens with one attached hydrogen (secondary N) is 1. The van der Waals surface area contributed by atoms with Crippen molar-refractivity contribution in [2.24, 2.45) is 0 Å². The van der Waals surface area contributed by atoms with Crippen molar-refractivity contribution in [3.63, 3.8) is 0 Å². The number of aliphatic hydroxyl groups is 2. The highest BCUT2D eigenvalue weighted by Gasteiger charge is 2.12. The number of esters is 1. The molecule has 2 aromatic carbocycles. The van der Waals surface area contributed by atoms with Gasteiger partial charge in [0.05, 0.1) is 18.5 Å². The Balaban J connectivity index is 1.80. The van der Waals surface area contributed by atoms with Crippen molar-refractivity contribution in [3.05, 3.63) is 65.3 Å². The quantitative estimate of drug-likeness (QED) is 0.540. The summed E-state index contributed by atoms with van der Waals surface area (Å²) in [6, 6.07) is 14.7. The maximum absolute atomic E-state index is 12.0. The minimum atomic E-state index is -1.07. The number of rotatable bonds is 7. The predicted molar refractivity (Wildman–Crippen MR) is 104 cm³/mol. The molecule has 0 aliphatic carbocycles. The summed E-state index contributed by atoms with van der Waals surface area (Å²) in [6.07, 6.45) is 0.655. The largest absolute Gasteiger partial charge is 0.463 e. The van der Waals surface area contributed by atoms with Gasteiger partial charge in [-0.25, -0.2) is 0 Å². The normalized spacial score (nSPS) is 12.0. The van der Waals surface area contributed by atoms with Crippen molar-refractivity contribution in [1.82, 2.24) is 4.98 Å². The molecule has 27 heavy (non-hydrogen) atoms. The first-order chi connectivity index (χ1) is 13.1. The number of para-hydroxylation sites is 1. The average molecular weight is 387 g/mol. The van der Waals surface area contributed by atoms with Crippen LogP contribution in [-0.4, -0.2) is 40.5 Å². The van der Waals surface area contributed by atoms with E-state index in [4.69, 9.17) is 21.4 Å². The summed E-state index contributed by atoms with van der Waals surface area (Å²) in [5.74, 6) is -0.483. The molecule has 3 N–H and O–H groups in total. The van der Waals surface area contributed by atoms with Crippen LogP contribution in [0.15, 0.2) is 54.7 Å². The van der Waals surface area contributed by atoms with Crippen LogP contribution in [0.1, 0.15) is 5.56 Å². The Labute approximate surface area is 161 Å². The lowest BCUT2D eigenvalue weighted by Crippen LogP contribution is -2.22. The molecule has 0 radical (unpaired) electrons. The Morgan fingerprint density at radius 2 is 2.00 bits per heavy atom. The molecule has 0 aliphatic rings. The maximum Gasteiger partial charge on any atom is 0.310 e. The number of hydrogen-bond donors (Lipinski definition) is 3. The number of pyridine rings is 1. The van der Waals surface area contributed by atoms with Gasteiger partial charge in [0, 0.05) is 28.0 Å². The Hall–Kier alpha value is -2.67. The van der Waals surface area contributed by atoms with Gasteiger partial charge in [-0.15, -0.1) is 0 Å². The summed E-state index contributed by atoms with van der Waals surface area (Å²) >= 11 is 6.03. The highest BCUT2D eigenvalue weighted by atomic mass is 35.5. The topological polar surface area (TPSA) is 91.7 Å². The van der Waals surface area contributed by atoms with Crippen LogP contribution in [0.3, 0.4) is 0 Å². The molecule has 1 atom stereocenters. The first-order valence-electron chi connectivity index (χ1n) is 8.40. The standard InChI is InChI=1S/C20H19ClN2O4/c21-14-5-6-16-18(7-8-22-19(16)10-14)23-17-4-2-1-3-13(17)9-20(26)27-12-15(25)11-24/h1-8,10,15,24-25H,9,11-12H2,(H,22,23). The maximum atomic E-state index is 12.0. The number of aliphatic hydroxyl groups excluding tert-OH is 2. The Kier molecular flexibility index (Phi) is 6.24. The van der Waals surface area contributed by atoms with Crippen LogP contribution in [0, 0.1) is 0 Å². The second-order valence-corrected chi connectivity index (χ2v) is 6.43. The molecular formula is C20H19ClN2O4. The van der Waals surface area contributed by atoms with Crippen LogP contribution in [0.25, 0.3) is 10.9 Å². The van der Waals surface area contributed by atoms with Gasteiger partial charge in [0.1, 0.15) is 12.7 Å². The van der Waals surface area contributed by atoms with E-state index in [1.165, 1.54) is 0 Å². The smallest absolute Gasteiger partial charge is 0.310 e. The van der Waals surface area contributed by atoms with Crippen LogP contribution < -0.4 is 5.32 Å². The van der Waals surface area contributed by atoms with E-state index in [0.717, 1.165) is 27.8 Å². The Morgan fingerprint density at radius 3 is 2.81 bits per heavy atom. The van der Waals surface area contributed by atoms with Crippen molar-refractivity contribution in [2.75, 3.05) is 18.5 Å². The van der Waals surface area contributed by atoms with Crippen molar-refractivity contribution in [2.45, 2.75) is 12.5 Å². The molecule has 3 aromatic rings. The molecule has 0 bridgehead atoms. The molecule has 0 spiro atoms. The van der Waals surface area contributed by atoms with Gasteiger partial charge in [-0.1, -0.05) is 29.8 Å². The number of anilines is 2. The number of carbonyl (C=O) groups is 1. The highest BCUT2D eigenvalue weighted by Crippen LogP contribution is 2.28. The lowest BCUT2D eigenvalue weighted by molar-refractivity contribution is -0.146. The fourth-order valence-corrected chi connectivity index (χ4v) is 2.79. The molecule has 7 heteroatoms. The van der Waals surface area contributed by atoms with E-state index in [-0.39, 0.29) is 13.0 Å². The van der Waals surface area contributed by atoms with E-state index in [1.807, 2.05) is 36.4 Å². The van der Waals surface area contributed by atoms with Gasteiger partial charge in [-0.2, -0.15) is 0 Å². The molecule has 3 rings (SSSR count). The minimum Gasteiger partial charge on any atom is -0.463 e. The summed E-state index contributed by atoms with van der Waals surface area (Å²) < 4.78 is 4.99. The number of nitrogens with zero attached hydrogens (tertiary/aromatic N) is 1. The monoisotopic (exact) mass is 386 g/mol. The van der Waals surface area contributed by atoms with Gasteiger partial charge in [0.25, 0.3) is 0 Å². The first-order valence-corrected chi connectivity index (χ1v) is 8.78. The lowest BCUT2D eigenvalue weighted by atomic mass is 10.1. The molecule has 0 saturated carbocycles. The third-order valence-electron chi connectivity index (χ3n) is 3.97. The van der Waals surface area contributed by atoms with Gasteiger partial charge in [0.15, 0.2) is 0 Å². The minimum absolute atomic E-state index is 0.0379. The summed E-state index contributed by atoms with van der Waals surface area (Å²) in [4.78, 5) is 16.3. The number of hydrogen-bond acceptors (Lipinski definition) is 6. The van der Waals surface area contributed by atoms with Crippen LogP contribution in [-0.2, 0) is 16.0 Å². The molecule has 0 saturated heterocycles. The number of ether oxygens (including phenoxy) is 1. The summed E-state index contributed by atoms with van der Waals surface area (Å²) in [5.41, 5.74) is 3.12. The van der Waals surface area contributed by atoms with Gasteiger partial charge in [-0.05, 0) is 35.9 Å². The van der Waals surface area contributed by atoms with E-state index in [9.17, 15) is 9.90 Å². The number of benzene rings is 2. The average Bonchev–Trinajstić information content (AvgIpc) is 2.67. The predicted octanol–water partition coefficient (Wildman–Crippen LogP) is 3.07. The zero-order chi connectivity index (χ0) is 19.2. The van der Waals surface area contributed by atoms with E-state index in [0.29, 0.717) is 5.02 Å². The molecule has 0 fully saturated rings. The first kappa shape index (κ1) is 19.1. The molecule has 0 amide bonds. The van der Waals surface area contributed by atoms with Gasteiger partial charge in [0.2, 0.25) is 0 Å². The fourth-order valence-electron chi connectivity index (χ4n) is 2.62. The zero-order valence-corrected chi connectivity index (χ0v) is 15.2. The van der Waals surface area contributed by atoms with Crippen molar-refractivity contribution in [1.29, 1.82) is 0 Å². The second-order valence-electron chi connectivity index (χ2n) is 6.00. The molecule has 140 valence electrons. The second kappa shape index (κ2) is 8.81. The van der Waals surface area contributed by atoms with E-state index >= 15 is 0 Å². The number of halogens is 1. The van der Waals surface area contributed by atoms with Gasteiger partial charge < -0.3 is 20.3 Å². The summed E-state index contributed by atoms with van der Waals surface area (Å²) in [6.45, 7) is -0.689. The SMILES string of the molecule is O=C(Cc1ccccc1Nc1ccnc2cc(Cl)ccc12)OCC(O)CO. The van der Waals surface area contributed by atoms with Crippen LogP contribution in [0.2, 0.25) is 5.02 Å². The van der Waals surface area contributed by atoms with E-state index in [1.54, 1.807) is 18.3 Å². The van der Waals surface area contributed by atoms with Crippen LogP contribution in [0.4, 0.5) is 11.4 Å². The Bertz CT molecular complexity index is 948. The number of fused-ring (bicyclic) bond motifs is 1. The van der Waals surface area contributed by atoms with Crippen molar-refractivity contribution in [3.8, 4) is 0 Å². The lowest BCUT2D eigenvalue weighted by Gasteiger charge is -2.14. The molecule has 0 aliphatic heterocycles. The van der Waals surface area contributed by atoms with Crippen molar-refractivity contribution < 1.29 is 19.7 Å². The number of carbonyl (C=O) groups excluding carboxylic acids is 1. The summed E-state index contributed by atoms with van der Waals surface area (Å²) in [5, 5.41) is 22.9. The van der Waals surface area contributed by atoms with Gasteiger partial charge in [-0.3, -0.25) is 9.78 Å². The molecular weight excluding hydrogens is 368 g/mol. The molecule has 6 nitrogen and oxygen atoms in total. The highest BCUT2D eigenvalue weighted by molar-refractivity contribution is 6.31. The van der Waals surface area contributed by atoms with Crippen molar-refractivity contribution >= 4 is 39.8 Å². The summed E-state index contributed by atoms with van der Waals surface area (Å²) in [7, 11) is 0. The van der Waals surface area contributed by atoms with Crippen LogP contribution in [0.5, 0.6) is 0 Å². The Morgan fingerprint density at radius 1 is 1.19 bits per heavy atom. The fraction of sp³-hybridized carbons (Fsp3) is 0.200. The molecule has 1 unspecified atom stereocenters. The third kappa shape index (κ3) is 4.95. The van der Waals surface area contributed by atoms with Gasteiger partial charge >= 0.3 is 5.97 Å². The molecule has 1 heterocycles. The van der Waals surface area contributed by atoms with E-state index in [2.05, 4.69) is 10.3 Å². The van der Waals surface area contributed by atoms with Crippen LogP contribution >= 0.6 is 11.6 Å². The number of aromatic nitrogens is 1. The zero-order valence-electron chi connectivity index (χ0n) is 14.4. The third-order valence-corrected chi connectivity index (χ3v) is 4.21. The van der Waals surface area contributed by atoms with E-state index < -0.39 is 18.7 Å². The molecule has 1 aromatic heterocycles.